The fraction of sp³-hybridized carbons (Fsp3) is 0.192. The molecule has 11 nitrogen and oxygen atoms in total. The topological polar surface area (TPSA) is 132 Å². The molecule has 1 fully saturated rings. The van der Waals surface area contributed by atoms with Crippen LogP contribution in [0.15, 0.2) is 65.1 Å². The summed E-state index contributed by atoms with van der Waals surface area (Å²) in [6.07, 6.45) is 0. The third kappa shape index (κ3) is 5.41. The number of carbonyl (C=O) groups excluding carboxylic acids is 1. The molecule has 5 rings (SSSR count). The minimum atomic E-state index is -0.559. The molecule has 0 spiro atoms. The van der Waals surface area contributed by atoms with Gasteiger partial charge in [0.05, 0.1) is 36.5 Å². The van der Waals surface area contributed by atoms with Crippen LogP contribution < -0.4 is 20.3 Å². The van der Waals surface area contributed by atoms with Gasteiger partial charge in [0.25, 0.3) is 11.6 Å². The van der Waals surface area contributed by atoms with Gasteiger partial charge in [-0.05, 0) is 48.6 Å². The van der Waals surface area contributed by atoms with E-state index in [1.807, 2.05) is 11.0 Å². The van der Waals surface area contributed by atoms with Crippen LogP contribution in [0.25, 0.3) is 22.6 Å². The number of rotatable bonds is 6. The maximum Gasteiger partial charge on any atom is 0.270 e. The Balaban J connectivity index is 1.33. The molecule has 0 bridgehead atoms. The molecule has 194 valence electrons. The molecule has 1 amide bonds. The van der Waals surface area contributed by atoms with Crippen molar-refractivity contribution in [3.05, 3.63) is 76.3 Å². The number of aromatic nitrogens is 1. The number of anilines is 2. The van der Waals surface area contributed by atoms with E-state index in [0.29, 0.717) is 66.0 Å². The van der Waals surface area contributed by atoms with E-state index >= 15 is 0 Å². The molecular weight excluding hydrogens is 510 g/mol. The summed E-state index contributed by atoms with van der Waals surface area (Å²) in [6, 6.07) is 16.8. The van der Waals surface area contributed by atoms with Gasteiger partial charge in [0.2, 0.25) is 5.89 Å². The highest BCUT2D eigenvalue weighted by atomic mass is 32.1. The Morgan fingerprint density at radius 3 is 2.71 bits per heavy atom. The molecule has 1 aliphatic rings. The summed E-state index contributed by atoms with van der Waals surface area (Å²) in [5.41, 5.74) is 3.13. The first kappa shape index (κ1) is 25.1. The van der Waals surface area contributed by atoms with Crippen LogP contribution in [0.3, 0.4) is 0 Å². The number of nitrogens with one attached hydrogen (secondary N) is 2. The summed E-state index contributed by atoms with van der Waals surface area (Å²) in [6.45, 7) is 2.14. The van der Waals surface area contributed by atoms with Gasteiger partial charge >= 0.3 is 0 Å². The monoisotopic (exact) mass is 533 g/mol. The number of carbonyl (C=O) groups is 1. The molecule has 38 heavy (non-hydrogen) atoms. The van der Waals surface area contributed by atoms with Gasteiger partial charge in [-0.1, -0.05) is 6.07 Å². The van der Waals surface area contributed by atoms with Crippen molar-refractivity contribution in [3.63, 3.8) is 0 Å². The largest absolute Gasteiger partial charge is 0.497 e. The number of amides is 1. The lowest BCUT2D eigenvalue weighted by Gasteiger charge is -2.30. The molecule has 12 heteroatoms. The van der Waals surface area contributed by atoms with E-state index in [2.05, 4.69) is 15.6 Å². The molecule has 2 N–H and O–H groups in total. The lowest BCUT2D eigenvalue weighted by molar-refractivity contribution is -0.384. The number of ether oxygens (including phenoxy) is 2. The van der Waals surface area contributed by atoms with Gasteiger partial charge in [0.1, 0.15) is 11.3 Å². The van der Waals surface area contributed by atoms with Crippen LogP contribution in [-0.2, 0) is 4.74 Å². The second-order valence-electron chi connectivity index (χ2n) is 8.40. The lowest BCUT2D eigenvalue weighted by atomic mass is 10.1. The number of benzene rings is 3. The molecule has 1 aromatic heterocycles. The smallest absolute Gasteiger partial charge is 0.270 e. The van der Waals surface area contributed by atoms with E-state index < -0.39 is 10.8 Å². The Labute approximate surface area is 222 Å². The predicted molar refractivity (Wildman–Crippen MR) is 146 cm³/mol. The minimum Gasteiger partial charge on any atom is -0.497 e. The van der Waals surface area contributed by atoms with Gasteiger partial charge in [-0.3, -0.25) is 20.2 Å². The van der Waals surface area contributed by atoms with Crippen molar-refractivity contribution < 1.29 is 23.6 Å². The number of morpholine rings is 1. The number of hydrogen-bond donors (Lipinski definition) is 2. The molecule has 0 unspecified atom stereocenters. The van der Waals surface area contributed by atoms with E-state index in [0.717, 1.165) is 0 Å². The van der Waals surface area contributed by atoms with Crippen molar-refractivity contribution in [1.29, 1.82) is 0 Å². The normalized spacial score (nSPS) is 13.2. The molecule has 0 atom stereocenters. The number of fused-ring (bicyclic) bond motifs is 1. The minimum absolute atomic E-state index is 0.0360. The second kappa shape index (κ2) is 10.8. The highest BCUT2D eigenvalue weighted by Gasteiger charge is 2.23. The number of thiocarbonyl (C=S) groups is 1. The zero-order valence-electron chi connectivity index (χ0n) is 20.3. The Bertz CT molecular complexity index is 1530. The molecule has 1 saturated heterocycles. The highest BCUT2D eigenvalue weighted by Crippen LogP contribution is 2.29. The van der Waals surface area contributed by atoms with Crippen LogP contribution in [0.4, 0.5) is 17.1 Å². The Morgan fingerprint density at radius 2 is 1.95 bits per heavy atom. The number of nitro benzene ring substituents is 1. The predicted octanol–water partition coefficient (Wildman–Crippen LogP) is 4.38. The van der Waals surface area contributed by atoms with Gasteiger partial charge in [-0.2, -0.15) is 0 Å². The van der Waals surface area contributed by atoms with E-state index in [-0.39, 0.29) is 16.4 Å². The number of methoxy groups -OCH3 is 1. The van der Waals surface area contributed by atoms with Crippen molar-refractivity contribution >= 4 is 51.4 Å². The maximum absolute atomic E-state index is 13.2. The van der Waals surface area contributed by atoms with Crippen molar-refractivity contribution in [2.75, 3.05) is 43.6 Å². The van der Waals surface area contributed by atoms with Crippen LogP contribution in [0, 0.1) is 10.1 Å². The summed E-state index contributed by atoms with van der Waals surface area (Å²) in [5.74, 6) is 0.532. The molecule has 0 radical (unpaired) electrons. The van der Waals surface area contributed by atoms with Gasteiger partial charge in [0.15, 0.2) is 10.7 Å². The van der Waals surface area contributed by atoms with Gasteiger partial charge in [0, 0.05) is 42.5 Å². The third-order valence-electron chi connectivity index (χ3n) is 5.98. The van der Waals surface area contributed by atoms with Crippen molar-refractivity contribution in [3.8, 4) is 17.2 Å². The van der Waals surface area contributed by atoms with Crippen molar-refractivity contribution in [1.82, 2.24) is 10.3 Å². The van der Waals surface area contributed by atoms with Crippen LogP contribution in [0.2, 0.25) is 0 Å². The summed E-state index contributed by atoms with van der Waals surface area (Å²) >= 11 is 5.37. The van der Waals surface area contributed by atoms with Crippen LogP contribution in [0.5, 0.6) is 5.75 Å². The summed E-state index contributed by atoms with van der Waals surface area (Å²) in [4.78, 5) is 30.5. The average molecular weight is 534 g/mol. The van der Waals surface area contributed by atoms with E-state index in [9.17, 15) is 14.9 Å². The fourth-order valence-corrected chi connectivity index (χ4v) is 4.33. The summed E-state index contributed by atoms with van der Waals surface area (Å²) < 4.78 is 16.5. The first-order valence-electron chi connectivity index (χ1n) is 11.7. The molecule has 0 aliphatic carbocycles. The number of nitrogens with zero attached hydrogens (tertiary/aromatic N) is 3. The molecule has 4 aromatic rings. The molecular formula is C26H23N5O6S. The van der Waals surface area contributed by atoms with Gasteiger partial charge in [-0.15, -0.1) is 0 Å². The maximum atomic E-state index is 13.2. The molecule has 3 aromatic carbocycles. The average Bonchev–Trinajstić information content (AvgIpc) is 3.37. The van der Waals surface area contributed by atoms with Crippen LogP contribution in [-0.4, -0.2) is 54.3 Å². The molecule has 2 heterocycles. The van der Waals surface area contributed by atoms with Crippen molar-refractivity contribution in [2.24, 2.45) is 0 Å². The zero-order valence-corrected chi connectivity index (χ0v) is 21.1. The SMILES string of the molecule is COc1ccc2oc(-c3cccc(NC(=S)NC(=O)c4cc([N+](=O)[O-])ccc4N4CCOCC4)c3)nc2c1. The molecule has 1 aliphatic heterocycles. The zero-order chi connectivity index (χ0) is 26.6. The Hall–Kier alpha value is -4.55. The van der Waals surface area contributed by atoms with Crippen LogP contribution in [0.1, 0.15) is 10.4 Å². The third-order valence-corrected chi connectivity index (χ3v) is 6.18. The second-order valence-corrected chi connectivity index (χ2v) is 8.81. The van der Waals surface area contributed by atoms with E-state index in [4.69, 9.17) is 26.1 Å². The van der Waals surface area contributed by atoms with Gasteiger partial charge < -0.3 is 24.1 Å². The summed E-state index contributed by atoms with van der Waals surface area (Å²) in [5, 5.41) is 17.0. The number of nitro groups is 1. The van der Waals surface area contributed by atoms with Gasteiger partial charge in [-0.25, -0.2) is 4.98 Å². The Morgan fingerprint density at radius 1 is 1.13 bits per heavy atom. The number of oxazole rings is 1. The van der Waals surface area contributed by atoms with E-state index in [1.54, 1.807) is 49.6 Å². The quantitative estimate of drug-likeness (QED) is 0.209. The molecule has 0 saturated carbocycles. The Kier molecular flexibility index (Phi) is 7.15. The standard InChI is InChI=1S/C26H23N5O6S/c1-35-19-6-8-23-21(15-19)28-25(37-23)16-3-2-4-17(13-16)27-26(38)29-24(32)20-14-18(31(33)34)5-7-22(20)30-9-11-36-12-10-30/h2-8,13-15H,9-12H2,1H3,(H2,27,29,32,38). The lowest BCUT2D eigenvalue weighted by Crippen LogP contribution is -2.39. The summed E-state index contributed by atoms with van der Waals surface area (Å²) in [7, 11) is 1.58. The fourth-order valence-electron chi connectivity index (χ4n) is 4.12. The highest BCUT2D eigenvalue weighted by molar-refractivity contribution is 7.80. The van der Waals surface area contributed by atoms with Crippen LogP contribution >= 0.6 is 12.2 Å². The van der Waals surface area contributed by atoms with E-state index in [1.165, 1.54) is 12.1 Å². The number of non-ortho nitro benzene ring substituents is 1. The first-order chi connectivity index (χ1) is 18.4. The number of hydrogen-bond acceptors (Lipinski definition) is 9. The van der Waals surface area contributed by atoms with Crippen molar-refractivity contribution in [2.45, 2.75) is 0 Å². The first-order valence-corrected chi connectivity index (χ1v) is 12.1.